The average molecular weight is 248 g/mol. The van der Waals surface area contributed by atoms with Gasteiger partial charge >= 0.3 is 0 Å². The van der Waals surface area contributed by atoms with Gasteiger partial charge in [0.25, 0.3) is 0 Å². The second kappa shape index (κ2) is 6.58. The molecule has 0 amide bonds. The van der Waals surface area contributed by atoms with Gasteiger partial charge in [-0.15, -0.1) is 0 Å². The van der Waals surface area contributed by atoms with E-state index in [4.69, 9.17) is 26.7 Å². The summed E-state index contributed by atoms with van der Waals surface area (Å²) >= 11 is 6.82. The molecule has 0 bridgehead atoms. The monoisotopic (exact) mass is 247 g/mol. The van der Waals surface area contributed by atoms with E-state index >= 15 is 0 Å². The summed E-state index contributed by atoms with van der Waals surface area (Å²) in [5.74, 6) is 0. The Labute approximate surface area is 96.4 Å². The maximum atomic E-state index is 8.76. The number of aromatic nitrogens is 1. The van der Waals surface area contributed by atoms with Crippen molar-refractivity contribution in [1.29, 1.82) is 5.26 Å². The van der Waals surface area contributed by atoms with Crippen LogP contribution >= 0.6 is 23.1 Å². The fraction of sp³-hybridized carbons (Fsp3) is 0.500. The summed E-state index contributed by atoms with van der Waals surface area (Å²) in [6.45, 7) is 1.33. The van der Waals surface area contributed by atoms with Crippen LogP contribution in [0.1, 0.15) is 5.56 Å². The molecule has 1 heterocycles. The van der Waals surface area contributed by atoms with Crippen molar-refractivity contribution in [3.63, 3.8) is 0 Å². The lowest BCUT2D eigenvalue weighted by Crippen LogP contribution is -2.11. The van der Waals surface area contributed by atoms with Gasteiger partial charge in [0.1, 0.15) is 16.6 Å². The number of ether oxygens (including phenoxy) is 1. The molecule has 15 heavy (non-hydrogen) atoms. The van der Waals surface area contributed by atoms with E-state index in [1.54, 1.807) is 0 Å². The zero-order valence-electron chi connectivity index (χ0n) is 7.86. The largest absolute Gasteiger partial charge is 0.394 e. The molecule has 5 nitrogen and oxygen atoms in total. The number of hydrogen-bond acceptors (Lipinski definition) is 6. The van der Waals surface area contributed by atoms with Crippen LogP contribution in [0, 0.1) is 11.3 Å². The fourth-order valence-electron chi connectivity index (χ4n) is 0.892. The third kappa shape index (κ3) is 3.64. The number of anilines is 1. The van der Waals surface area contributed by atoms with Gasteiger partial charge in [-0.2, -0.15) is 9.64 Å². The quantitative estimate of drug-likeness (QED) is 0.736. The van der Waals surface area contributed by atoms with Crippen molar-refractivity contribution in [2.24, 2.45) is 0 Å². The van der Waals surface area contributed by atoms with E-state index < -0.39 is 0 Å². The summed E-state index contributed by atoms with van der Waals surface area (Å²) in [4.78, 5) is 0. The van der Waals surface area contributed by atoms with Crippen molar-refractivity contribution in [3.8, 4) is 6.07 Å². The molecule has 0 unspecified atom stereocenters. The molecule has 0 atom stereocenters. The molecule has 0 aliphatic rings. The topological polar surface area (TPSA) is 78.2 Å². The van der Waals surface area contributed by atoms with Crippen LogP contribution in [0.5, 0.6) is 0 Å². The molecule has 1 aromatic heterocycles. The summed E-state index contributed by atoms with van der Waals surface area (Å²) in [7, 11) is 0. The van der Waals surface area contributed by atoms with Gasteiger partial charge in [-0.3, -0.25) is 0 Å². The number of aliphatic hydroxyl groups is 1. The van der Waals surface area contributed by atoms with Crippen LogP contribution in [-0.4, -0.2) is 35.8 Å². The zero-order chi connectivity index (χ0) is 11.1. The molecule has 82 valence electrons. The highest BCUT2D eigenvalue weighted by Gasteiger charge is 2.10. The Kier molecular flexibility index (Phi) is 5.36. The highest BCUT2D eigenvalue weighted by molar-refractivity contribution is 7.10. The molecule has 0 spiro atoms. The van der Waals surface area contributed by atoms with E-state index in [0.29, 0.717) is 30.3 Å². The molecule has 2 N–H and O–H groups in total. The molecule has 0 saturated heterocycles. The van der Waals surface area contributed by atoms with Gasteiger partial charge in [-0.25, -0.2) is 0 Å². The van der Waals surface area contributed by atoms with Crippen LogP contribution in [0.25, 0.3) is 0 Å². The number of rotatable bonds is 6. The lowest BCUT2D eigenvalue weighted by atomic mass is 10.4. The lowest BCUT2D eigenvalue weighted by molar-refractivity contribution is 0.0992. The number of aliphatic hydroxyl groups excluding tert-OH is 1. The first kappa shape index (κ1) is 12.2. The first-order valence-corrected chi connectivity index (χ1v) is 5.42. The minimum atomic E-state index is 0.00975. The third-order valence-corrected chi connectivity index (χ3v) is 2.71. The van der Waals surface area contributed by atoms with Crippen molar-refractivity contribution in [1.82, 2.24) is 4.37 Å². The van der Waals surface area contributed by atoms with E-state index in [1.807, 2.05) is 6.07 Å². The van der Waals surface area contributed by atoms with E-state index in [1.165, 1.54) is 0 Å². The van der Waals surface area contributed by atoms with Gasteiger partial charge < -0.3 is 15.2 Å². The highest BCUT2D eigenvalue weighted by atomic mass is 35.5. The van der Waals surface area contributed by atoms with Gasteiger partial charge in [0, 0.05) is 6.54 Å². The summed E-state index contributed by atoms with van der Waals surface area (Å²) in [5, 5.41) is 21.1. The third-order valence-electron chi connectivity index (χ3n) is 1.53. The zero-order valence-corrected chi connectivity index (χ0v) is 9.44. The standard InChI is InChI=1S/C8H10ClN3O2S/c9-7-6(5-10)8(15-12-7)11-1-3-14-4-2-13/h11,13H,1-4H2. The Hall–Kier alpha value is -0.870. The van der Waals surface area contributed by atoms with Crippen molar-refractivity contribution in [3.05, 3.63) is 10.7 Å². The fourth-order valence-corrected chi connectivity index (χ4v) is 1.85. The summed E-state index contributed by atoms with van der Waals surface area (Å²) in [6, 6.07) is 1.97. The molecule has 0 saturated carbocycles. The number of hydrogen-bond donors (Lipinski definition) is 2. The predicted octanol–water partition coefficient (Wildman–Crippen LogP) is 1.09. The van der Waals surface area contributed by atoms with Crippen LogP contribution in [0.15, 0.2) is 0 Å². The normalized spacial score (nSPS) is 9.93. The van der Waals surface area contributed by atoms with Gasteiger partial charge in [0.05, 0.1) is 19.8 Å². The second-order valence-electron chi connectivity index (χ2n) is 2.55. The highest BCUT2D eigenvalue weighted by Crippen LogP contribution is 2.26. The Balaban J connectivity index is 2.35. The molecule has 0 radical (unpaired) electrons. The van der Waals surface area contributed by atoms with Gasteiger partial charge in [0.15, 0.2) is 5.15 Å². The van der Waals surface area contributed by atoms with E-state index in [-0.39, 0.29) is 11.8 Å². The molecular weight excluding hydrogens is 238 g/mol. The Morgan fingerprint density at radius 1 is 1.60 bits per heavy atom. The van der Waals surface area contributed by atoms with Crippen LogP contribution in [0.3, 0.4) is 0 Å². The SMILES string of the molecule is N#Cc1c(Cl)nsc1NCCOCCO. The van der Waals surface area contributed by atoms with Crippen LogP contribution in [0.4, 0.5) is 5.00 Å². The first-order chi connectivity index (χ1) is 7.29. The van der Waals surface area contributed by atoms with Gasteiger partial charge in [0.2, 0.25) is 0 Å². The summed E-state index contributed by atoms with van der Waals surface area (Å²) in [6.07, 6.45) is 0. The maximum absolute atomic E-state index is 8.76. The van der Waals surface area contributed by atoms with Crippen molar-refractivity contribution >= 4 is 28.1 Å². The number of halogens is 1. The Bertz CT molecular complexity index is 350. The predicted molar refractivity (Wildman–Crippen MR) is 58.2 cm³/mol. The first-order valence-electron chi connectivity index (χ1n) is 4.27. The maximum Gasteiger partial charge on any atom is 0.162 e. The molecule has 0 aliphatic carbocycles. The lowest BCUT2D eigenvalue weighted by Gasteiger charge is -2.03. The average Bonchev–Trinajstić information content (AvgIpc) is 2.59. The summed E-state index contributed by atoms with van der Waals surface area (Å²) in [5.41, 5.74) is 0.365. The van der Waals surface area contributed by atoms with Crippen LogP contribution < -0.4 is 5.32 Å². The minimum absolute atomic E-state index is 0.00975. The van der Waals surface area contributed by atoms with Gasteiger partial charge in [-0.05, 0) is 11.5 Å². The van der Waals surface area contributed by atoms with Crippen molar-refractivity contribution in [2.45, 2.75) is 0 Å². The smallest absolute Gasteiger partial charge is 0.162 e. The molecule has 7 heteroatoms. The van der Waals surface area contributed by atoms with E-state index in [9.17, 15) is 0 Å². The Morgan fingerprint density at radius 3 is 3.07 bits per heavy atom. The number of nitriles is 1. The Morgan fingerprint density at radius 2 is 2.40 bits per heavy atom. The molecular formula is C8H10ClN3O2S. The van der Waals surface area contributed by atoms with Crippen molar-refractivity contribution < 1.29 is 9.84 Å². The summed E-state index contributed by atoms with van der Waals surface area (Å²) < 4.78 is 8.88. The minimum Gasteiger partial charge on any atom is -0.394 e. The van der Waals surface area contributed by atoms with E-state index in [0.717, 1.165) is 11.5 Å². The van der Waals surface area contributed by atoms with Crippen LogP contribution in [0.2, 0.25) is 5.15 Å². The number of nitrogens with zero attached hydrogens (tertiary/aromatic N) is 2. The van der Waals surface area contributed by atoms with Gasteiger partial charge in [-0.1, -0.05) is 11.6 Å². The van der Waals surface area contributed by atoms with Crippen molar-refractivity contribution in [2.75, 3.05) is 31.7 Å². The van der Waals surface area contributed by atoms with E-state index in [2.05, 4.69) is 9.69 Å². The van der Waals surface area contributed by atoms with Crippen LogP contribution in [-0.2, 0) is 4.74 Å². The molecule has 1 rings (SSSR count). The number of nitrogens with one attached hydrogen (secondary N) is 1. The second-order valence-corrected chi connectivity index (χ2v) is 3.68. The molecule has 0 aliphatic heterocycles. The molecule has 0 fully saturated rings. The molecule has 0 aromatic carbocycles. The molecule has 1 aromatic rings.